The zero-order chi connectivity index (χ0) is 12.3. The van der Waals surface area contributed by atoms with Crippen molar-refractivity contribution in [2.45, 2.75) is 19.5 Å². The molecule has 1 heterocycles. The van der Waals surface area contributed by atoms with Crippen molar-refractivity contribution < 1.29 is 0 Å². The number of benzene rings is 1. The first-order valence-electron chi connectivity index (χ1n) is 5.22. The molecule has 90 valence electrons. The van der Waals surface area contributed by atoms with Crippen LogP contribution in [0.15, 0.2) is 29.1 Å². The van der Waals surface area contributed by atoms with Crippen molar-refractivity contribution in [3.63, 3.8) is 0 Å². The van der Waals surface area contributed by atoms with Gasteiger partial charge >= 0.3 is 0 Å². The average molecular weight is 287 g/mol. The van der Waals surface area contributed by atoms with Crippen LogP contribution in [0.5, 0.6) is 0 Å². The van der Waals surface area contributed by atoms with Gasteiger partial charge in [-0.05, 0) is 24.6 Å². The summed E-state index contributed by atoms with van der Waals surface area (Å²) in [5.41, 5.74) is 3.93. The van der Waals surface area contributed by atoms with Gasteiger partial charge in [0, 0.05) is 28.0 Å². The van der Waals surface area contributed by atoms with Crippen molar-refractivity contribution in [1.82, 2.24) is 10.3 Å². The molecule has 2 aromatic rings. The van der Waals surface area contributed by atoms with Crippen LogP contribution in [0.3, 0.4) is 0 Å². The zero-order valence-electron chi connectivity index (χ0n) is 9.28. The fourth-order valence-corrected chi connectivity index (χ4v) is 2.68. The summed E-state index contributed by atoms with van der Waals surface area (Å²) in [6.07, 6.45) is 0. The molecule has 5 heteroatoms. The summed E-state index contributed by atoms with van der Waals surface area (Å²) in [5, 5.41) is 6.76. The SMILES string of the molecule is C[C@H](NCc1cscn1)c1ccc(Cl)cc1Cl. The molecule has 0 unspecified atom stereocenters. The van der Waals surface area contributed by atoms with Gasteiger partial charge in [0.2, 0.25) is 0 Å². The maximum absolute atomic E-state index is 6.15. The van der Waals surface area contributed by atoms with Crippen LogP contribution in [0, 0.1) is 0 Å². The Labute approximate surface area is 115 Å². The van der Waals surface area contributed by atoms with Crippen molar-refractivity contribution in [3.8, 4) is 0 Å². The molecule has 0 radical (unpaired) electrons. The van der Waals surface area contributed by atoms with Gasteiger partial charge in [0.25, 0.3) is 0 Å². The molecule has 0 saturated carbocycles. The summed E-state index contributed by atoms with van der Waals surface area (Å²) in [6, 6.07) is 5.73. The number of hydrogen-bond donors (Lipinski definition) is 1. The number of thiazole rings is 1. The second kappa shape index (κ2) is 5.83. The van der Waals surface area contributed by atoms with Gasteiger partial charge in [0.15, 0.2) is 0 Å². The Morgan fingerprint density at radius 2 is 2.24 bits per heavy atom. The third kappa shape index (κ3) is 3.42. The van der Waals surface area contributed by atoms with E-state index in [0.29, 0.717) is 10.0 Å². The summed E-state index contributed by atoms with van der Waals surface area (Å²) in [4.78, 5) is 4.22. The van der Waals surface area contributed by atoms with E-state index in [1.54, 1.807) is 17.4 Å². The third-order valence-corrected chi connectivity index (χ3v) is 3.70. The zero-order valence-corrected chi connectivity index (χ0v) is 11.6. The molecule has 1 aromatic heterocycles. The number of nitrogens with one attached hydrogen (secondary N) is 1. The molecule has 0 aliphatic carbocycles. The monoisotopic (exact) mass is 286 g/mol. The number of aromatic nitrogens is 1. The van der Waals surface area contributed by atoms with Crippen LogP contribution in [-0.4, -0.2) is 4.98 Å². The van der Waals surface area contributed by atoms with Crippen molar-refractivity contribution in [1.29, 1.82) is 0 Å². The summed E-state index contributed by atoms with van der Waals surface area (Å²) >= 11 is 13.6. The van der Waals surface area contributed by atoms with Crippen molar-refractivity contribution in [2.24, 2.45) is 0 Å². The molecule has 0 spiro atoms. The van der Waals surface area contributed by atoms with Gasteiger partial charge in [-0.25, -0.2) is 4.98 Å². The quantitative estimate of drug-likeness (QED) is 0.906. The highest BCUT2D eigenvalue weighted by atomic mass is 35.5. The summed E-state index contributed by atoms with van der Waals surface area (Å²) < 4.78 is 0. The van der Waals surface area contributed by atoms with E-state index < -0.39 is 0 Å². The minimum atomic E-state index is 0.168. The van der Waals surface area contributed by atoms with Crippen LogP contribution in [0.4, 0.5) is 0 Å². The van der Waals surface area contributed by atoms with Gasteiger partial charge in [0.05, 0.1) is 11.2 Å². The summed E-state index contributed by atoms with van der Waals surface area (Å²) in [6.45, 7) is 2.81. The number of rotatable bonds is 4. The number of hydrogen-bond acceptors (Lipinski definition) is 3. The molecule has 17 heavy (non-hydrogen) atoms. The first-order chi connectivity index (χ1) is 8.16. The van der Waals surface area contributed by atoms with Crippen molar-refractivity contribution >= 4 is 34.5 Å². The highest BCUT2D eigenvalue weighted by Crippen LogP contribution is 2.26. The topological polar surface area (TPSA) is 24.9 Å². The first kappa shape index (κ1) is 12.8. The fraction of sp³-hybridized carbons (Fsp3) is 0.250. The Hall–Kier alpha value is -0.610. The lowest BCUT2D eigenvalue weighted by molar-refractivity contribution is 0.569. The van der Waals surface area contributed by atoms with E-state index in [1.165, 1.54) is 0 Å². The molecule has 1 N–H and O–H groups in total. The molecule has 0 bridgehead atoms. The molecule has 1 atom stereocenters. The number of nitrogens with zero attached hydrogens (tertiary/aromatic N) is 1. The van der Waals surface area contributed by atoms with Gasteiger partial charge in [-0.3, -0.25) is 0 Å². The average Bonchev–Trinajstić information content (AvgIpc) is 2.78. The molecule has 1 aromatic carbocycles. The largest absolute Gasteiger partial charge is 0.304 e. The third-order valence-electron chi connectivity index (χ3n) is 2.50. The highest BCUT2D eigenvalue weighted by Gasteiger charge is 2.09. The van der Waals surface area contributed by atoms with Gasteiger partial charge < -0.3 is 5.32 Å². The van der Waals surface area contributed by atoms with Gasteiger partial charge in [-0.1, -0.05) is 29.3 Å². The van der Waals surface area contributed by atoms with Crippen LogP contribution >= 0.6 is 34.5 Å². The van der Waals surface area contributed by atoms with Gasteiger partial charge in [-0.2, -0.15) is 0 Å². The van der Waals surface area contributed by atoms with Crippen molar-refractivity contribution in [3.05, 3.63) is 50.4 Å². The molecule has 0 fully saturated rings. The van der Waals surface area contributed by atoms with E-state index in [-0.39, 0.29) is 6.04 Å². The molecule has 0 aliphatic rings. The smallest absolute Gasteiger partial charge is 0.0795 e. The predicted molar refractivity (Wildman–Crippen MR) is 73.8 cm³/mol. The molecule has 0 amide bonds. The molecule has 0 saturated heterocycles. The Balaban J connectivity index is 2.01. The van der Waals surface area contributed by atoms with Crippen molar-refractivity contribution in [2.75, 3.05) is 0 Å². The van der Waals surface area contributed by atoms with Crippen LogP contribution in [0.25, 0.3) is 0 Å². The lowest BCUT2D eigenvalue weighted by Gasteiger charge is -2.15. The van der Waals surface area contributed by atoms with Crippen LogP contribution in [0.2, 0.25) is 10.0 Å². The van der Waals surface area contributed by atoms with E-state index in [9.17, 15) is 0 Å². The van der Waals surface area contributed by atoms with E-state index >= 15 is 0 Å². The first-order valence-corrected chi connectivity index (χ1v) is 6.92. The van der Waals surface area contributed by atoms with Crippen LogP contribution in [-0.2, 0) is 6.54 Å². The summed E-state index contributed by atoms with van der Waals surface area (Å²) in [5.74, 6) is 0. The summed E-state index contributed by atoms with van der Waals surface area (Å²) in [7, 11) is 0. The Morgan fingerprint density at radius 3 is 2.88 bits per heavy atom. The maximum Gasteiger partial charge on any atom is 0.0795 e. The van der Waals surface area contributed by atoms with Gasteiger partial charge in [-0.15, -0.1) is 11.3 Å². The predicted octanol–water partition coefficient (Wildman–Crippen LogP) is 4.30. The second-order valence-corrected chi connectivity index (χ2v) is 5.31. The minimum absolute atomic E-state index is 0.168. The fourth-order valence-electron chi connectivity index (χ4n) is 1.55. The molecule has 0 aliphatic heterocycles. The van der Waals surface area contributed by atoms with E-state index in [0.717, 1.165) is 17.8 Å². The number of halogens is 2. The molecular formula is C12H12Cl2N2S. The molecule has 2 nitrogen and oxygen atoms in total. The molecule has 2 rings (SSSR count). The lowest BCUT2D eigenvalue weighted by atomic mass is 10.1. The standard InChI is InChI=1S/C12H12Cl2N2S/c1-8(15-5-10-6-17-7-16-10)11-3-2-9(13)4-12(11)14/h2-4,6-8,15H,5H2,1H3/t8-/m0/s1. The van der Waals surface area contributed by atoms with Crippen LogP contribution in [0.1, 0.15) is 24.2 Å². The minimum Gasteiger partial charge on any atom is -0.304 e. The second-order valence-electron chi connectivity index (χ2n) is 3.75. The maximum atomic E-state index is 6.15. The lowest BCUT2D eigenvalue weighted by Crippen LogP contribution is -2.18. The Morgan fingerprint density at radius 1 is 1.41 bits per heavy atom. The van der Waals surface area contributed by atoms with E-state index in [1.807, 2.05) is 23.0 Å². The van der Waals surface area contributed by atoms with Gasteiger partial charge in [0.1, 0.15) is 0 Å². The van der Waals surface area contributed by atoms with E-state index in [4.69, 9.17) is 23.2 Å². The Bertz CT molecular complexity index is 485. The Kier molecular flexibility index (Phi) is 4.40. The molecular weight excluding hydrogens is 275 g/mol. The van der Waals surface area contributed by atoms with Crippen LogP contribution < -0.4 is 5.32 Å². The van der Waals surface area contributed by atoms with E-state index in [2.05, 4.69) is 17.2 Å². The normalized spacial score (nSPS) is 12.6. The highest BCUT2D eigenvalue weighted by molar-refractivity contribution is 7.07.